The molecule has 1 aromatic carbocycles. The van der Waals surface area contributed by atoms with E-state index in [1.54, 1.807) is 6.07 Å². The highest BCUT2D eigenvalue weighted by atomic mass is 19.4. The van der Waals surface area contributed by atoms with Crippen LogP contribution in [0.25, 0.3) is 0 Å². The van der Waals surface area contributed by atoms with Gasteiger partial charge in [-0.15, -0.1) is 0 Å². The van der Waals surface area contributed by atoms with Crippen LogP contribution in [0, 0.1) is 5.82 Å². The molecule has 0 atom stereocenters. The van der Waals surface area contributed by atoms with Gasteiger partial charge in [-0.2, -0.15) is 13.2 Å². The van der Waals surface area contributed by atoms with E-state index in [0.717, 1.165) is 17.0 Å². The summed E-state index contributed by atoms with van der Waals surface area (Å²) in [6.45, 7) is 2.10. The van der Waals surface area contributed by atoms with Crippen molar-refractivity contribution in [3.63, 3.8) is 0 Å². The molecule has 112 valence electrons. The molecule has 2 nitrogen and oxygen atoms in total. The maximum absolute atomic E-state index is 14.1. The van der Waals surface area contributed by atoms with Crippen LogP contribution in [0.15, 0.2) is 18.2 Å². The van der Waals surface area contributed by atoms with E-state index >= 15 is 0 Å². The zero-order valence-electron chi connectivity index (χ0n) is 11.3. The fourth-order valence-electron chi connectivity index (χ4n) is 2.15. The fraction of sp³-hybridized carbons (Fsp3) is 0.571. The number of halogens is 4. The summed E-state index contributed by atoms with van der Waals surface area (Å²) in [6.07, 6.45) is -2.94. The third-order valence-corrected chi connectivity index (χ3v) is 3.24. The number of rotatable bonds is 6. The molecule has 0 unspecified atom stereocenters. The molecule has 1 saturated carbocycles. The zero-order valence-corrected chi connectivity index (χ0v) is 11.3. The van der Waals surface area contributed by atoms with Crippen LogP contribution >= 0.6 is 0 Å². The van der Waals surface area contributed by atoms with Crippen LogP contribution in [0.4, 0.5) is 23.2 Å². The Morgan fingerprint density at radius 3 is 2.50 bits per heavy atom. The Hall–Kier alpha value is -1.30. The first-order valence-corrected chi connectivity index (χ1v) is 6.73. The van der Waals surface area contributed by atoms with Gasteiger partial charge in [-0.05, 0) is 37.1 Å². The fourth-order valence-corrected chi connectivity index (χ4v) is 2.15. The number of benzene rings is 1. The van der Waals surface area contributed by atoms with Gasteiger partial charge in [0, 0.05) is 12.6 Å². The van der Waals surface area contributed by atoms with Crippen molar-refractivity contribution in [2.75, 3.05) is 18.0 Å². The van der Waals surface area contributed by atoms with Gasteiger partial charge in [-0.3, -0.25) is 0 Å². The molecule has 1 aliphatic carbocycles. The van der Waals surface area contributed by atoms with Crippen LogP contribution in [0.5, 0.6) is 0 Å². The van der Waals surface area contributed by atoms with Crippen molar-refractivity contribution in [3.05, 3.63) is 29.6 Å². The zero-order chi connectivity index (χ0) is 14.8. The lowest BCUT2D eigenvalue weighted by molar-refractivity contribution is -0.120. The van der Waals surface area contributed by atoms with Crippen LogP contribution in [0.1, 0.15) is 25.3 Å². The number of nitrogens with one attached hydrogen (secondary N) is 1. The van der Waals surface area contributed by atoms with Gasteiger partial charge in [-0.1, -0.05) is 13.0 Å². The largest absolute Gasteiger partial charge is 0.405 e. The highest BCUT2D eigenvalue weighted by Gasteiger charge is 2.39. The van der Waals surface area contributed by atoms with E-state index in [9.17, 15) is 17.6 Å². The SMILES string of the molecule is CCNCc1ccc(N(CC(F)(F)F)C2CC2)c(F)c1. The maximum Gasteiger partial charge on any atom is 0.405 e. The quantitative estimate of drug-likeness (QED) is 0.807. The average molecular weight is 290 g/mol. The molecule has 20 heavy (non-hydrogen) atoms. The molecule has 1 aliphatic rings. The molecule has 0 spiro atoms. The van der Waals surface area contributed by atoms with Gasteiger partial charge < -0.3 is 10.2 Å². The van der Waals surface area contributed by atoms with Crippen molar-refractivity contribution in [2.24, 2.45) is 0 Å². The Bertz CT molecular complexity index is 455. The summed E-state index contributed by atoms with van der Waals surface area (Å²) in [5.74, 6) is -0.587. The molecule has 0 radical (unpaired) electrons. The molecule has 0 heterocycles. The summed E-state index contributed by atoms with van der Waals surface area (Å²) in [7, 11) is 0. The Labute approximate surface area is 115 Å². The summed E-state index contributed by atoms with van der Waals surface area (Å²) in [6, 6.07) is 4.24. The average Bonchev–Trinajstić information content (AvgIpc) is 3.17. The summed E-state index contributed by atoms with van der Waals surface area (Å²) in [5.41, 5.74) is 0.779. The van der Waals surface area contributed by atoms with Gasteiger partial charge in [0.1, 0.15) is 12.4 Å². The van der Waals surface area contributed by atoms with Crippen LogP contribution < -0.4 is 10.2 Å². The number of hydrogen-bond acceptors (Lipinski definition) is 2. The smallest absolute Gasteiger partial charge is 0.357 e. The lowest BCUT2D eigenvalue weighted by Crippen LogP contribution is -2.36. The predicted molar refractivity (Wildman–Crippen MR) is 70.2 cm³/mol. The van der Waals surface area contributed by atoms with Gasteiger partial charge in [0.25, 0.3) is 0 Å². The first-order valence-electron chi connectivity index (χ1n) is 6.73. The van der Waals surface area contributed by atoms with Gasteiger partial charge in [-0.25, -0.2) is 4.39 Å². The lowest BCUT2D eigenvalue weighted by atomic mass is 10.1. The van der Waals surface area contributed by atoms with E-state index in [-0.39, 0.29) is 11.7 Å². The first kappa shape index (κ1) is 15.1. The molecule has 2 rings (SSSR count). The molecule has 0 bridgehead atoms. The van der Waals surface area contributed by atoms with E-state index in [0.29, 0.717) is 19.4 Å². The van der Waals surface area contributed by atoms with Crippen LogP contribution in [0.3, 0.4) is 0 Å². The van der Waals surface area contributed by atoms with Crippen molar-refractivity contribution in [3.8, 4) is 0 Å². The summed E-state index contributed by atoms with van der Waals surface area (Å²) >= 11 is 0. The molecule has 6 heteroatoms. The van der Waals surface area contributed by atoms with Crippen LogP contribution in [-0.2, 0) is 6.54 Å². The number of alkyl halides is 3. The first-order chi connectivity index (χ1) is 9.40. The molecule has 0 amide bonds. The minimum atomic E-state index is -4.32. The summed E-state index contributed by atoms with van der Waals surface area (Å²) in [4.78, 5) is 1.13. The summed E-state index contributed by atoms with van der Waals surface area (Å²) < 4.78 is 51.8. The van der Waals surface area contributed by atoms with Crippen molar-refractivity contribution < 1.29 is 17.6 Å². The van der Waals surface area contributed by atoms with Gasteiger partial charge >= 0.3 is 6.18 Å². The lowest BCUT2D eigenvalue weighted by Gasteiger charge is -2.26. The third-order valence-electron chi connectivity index (χ3n) is 3.24. The van der Waals surface area contributed by atoms with Gasteiger partial charge in [0.15, 0.2) is 0 Å². The van der Waals surface area contributed by atoms with E-state index in [4.69, 9.17) is 0 Å². The topological polar surface area (TPSA) is 15.3 Å². The molecule has 1 fully saturated rings. The van der Waals surface area contributed by atoms with Crippen molar-refractivity contribution in [1.29, 1.82) is 0 Å². The third kappa shape index (κ3) is 4.10. The van der Waals surface area contributed by atoms with Gasteiger partial charge in [0.2, 0.25) is 0 Å². The normalized spacial score (nSPS) is 15.4. The number of nitrogens with zero attached hydrogens (tertiary/aromatic N) is 1. The Morgan fingerprint density at radius 1 is 1.30 bits per heavy atom. The van der Waals surface area contributed by atoms with E-state index < -0.39 is 18.5 Å². The van der Waals surface area contributed by atoms with Crippen LogP contribution in [-0.4, -0.2) is 25.3 Å². The molecule has 1 N–H and O–H groups in total. The van der Waals surface area contributed by atoms with Gasteiger partial charge in [0.05, 0.1) is 5.69 Å². The summed E-state index contributed by atoms with van der Waals surface area (Å²) in [5, 5.41) is 3.05. The second-order valence-corrected chi connectivity index (χ2v) is 5.04. The number of hydrogen-bond donors (Lipinski definition) is 1. The molecular weight excluding hydrogens is 272 g/mol. The molecule has 1 aromatic rings. The van der Waals surface area contributed by atoms with Crippen LogP contribution in [0.2, 0.25) is 0 Å². The molecule has 0 aromatic heterocycles. The van der Waals surface area contributed by atoms with Crippen molar-refractivity contribution >= 4 is 5.69 Å². The highest BCUT2D eigenvalue weighted by molar-refractivity contribution is 5.51. The highest BCUT2D eigenvalue weighted by Crippen LogP contribution is 2.35. The standard InChI is InChI=1S/C14H18F4N2/c1-2-19-8-10-3-6-13(12(15)7-10)20(11-4-5-11)9-14(16,17)18/h3,6-7,11,19H,2,4-5,8-9H2,1H3. The van der Waals surface area contributed by atoms with E-state index in [2.05, 4.69) is 5.32 Å². The molecular formula is C14H18F4N2. The minimum absolute atomic E-state index is 0.0464. The monoisotopic (exact) mass is 290 g/mol. The Kier molecular flexibility index (Phi) is 4.52. The van der Waals surface area contributed by atoms with Crippen molar-refractivity contribution in [1.82, 2.24) is 5.32 Å². The number of anilines is 1. The van der Waals surface area contributed by atoms with E-state index in [1.807, 2.05) is 6.92 Å². The predicted octanol–water partition coefficient (Wildman–Crippen LogP) is 3.47. The minimum Gasteiger partial charge on any atom is -0.357 e. The maximum atomic E-state index is 14.1. The van der Waals surface area contributed by atoms with E-state index in [1.165, 1.54) is 12.1 Å². The molecule has 0 aliphatic heterocycles. The Balaban J connectivity index is 2.16. The second-order valence-electron chi connectivity index (χ2n) is 5.04. The molecule has 0 saturated heterocycles. The second kappa shape index (κ2) is 5.99. The Morgan fingerprint density at radius 2 is 2.00 bits per heavy atom. The van der Waals surface area contributed by atoms with Crippen molar-refractivity contribution in [2.45, 2.75) is 38.5 Å².